The highest BCUT2D eigenvalue weighted by atomic mass is 15.1. The van der Waals surface area contributed by atoms with E-state index in [4.69, 9.17) is 4.98 Å². The normalized spacial score (nSPS) is 18.6. The lowest BCUT2D eigenvalue weighted by Crippen LogP contribution is -2.30. The molecule has 2 aromatic rings. The van der Waals surface area contributed by atoms with E-state index in [9.17, 15) is 0 Å². The van der Waals surface area contributed by atoms with Crippen LogP contribution in [0.2, 0.25) is 0 Å². The molecule has 0 aliphatic carbocycles. The molecule has 0 N–H and O–H groups in total. The number of fused-ring (bicyclic) bond motifs is 1. The molecule has 0 unspecified atom stereocenters. The molecule has 1 saturated heterocycles. The van der Waals surface area contributed by atoms with Crippen LogP contribution < -0.4 is 0 Å². The van der Waals surface area contributed by atoms with Crippen LogP contribution in [0.3, 0.4) is 0 Å². The first kappa shape index (κ1) is 11.7. The van der Waals surface area contributed by atoms with Gasteiger partial charge in [-0.1, -0.05) is 6.07 Å². The minimum Gasteiger partial charge on any atom is -0.307 e. The van der Waals surface area contributed by atoms with Gasteiger partial charge in [0.2, 0.25) is 0 Å². The molecule has 1 fully saturated rings. The van der Waals surface area contributed by atoms with Gasteiger partial charge in [-0.25, -0.2) is 4.98 Å². The Bertz CT molecular complexity index is 536. The minimum atomic E-state index is 0.811. The number of nitrogens with zero attached hydrogens (tertiary/aromatic N) is 3. The lowest BCUT2D eigenvalue weighted by atomic mass is 9.93. The Morgan fingerprint density at radius 3 is 2.83 bits per heavy atom. The van der Waals surface area contributed by atoms with Crippen molar-refractivity contribution in [2.45, 2.75) is 26.2 Å². The van der Waals surface area contributed by atoms with Crippen LogP contribution >= 0.6 is 0 Å². The topological polar surface area (TPSA) is 20.5 Å². The van der Waals surface area contributed by atoms with E-state index >= 15 is 0 Å². The second kappa shape index (κ2) is 4.73. The molecule has 3 rings (SSSR count). The van der Waals surface area contributed by atoms with Crippen molar-refractivity contribution in [1.82, 2.24) is 14.3 Å². The average molecular weight is 243 g/mol. The molecule has 3 nitrogen and oxygen atoms in total. The fourth-order valence-electron chi connectivity index (χ4n) is 2.86. The van der Waals surface area contributed by atoms with Gasteiger partial charge in [0.15, 0.2) is 0 Å². The van der Waals surface area contributed by atoms with Gasteiger partial charge in [-0.3, -0.25) is 0 Å². The van der Waals surface area contributed by atoms with E-state index in [0.717, 1.165) is 18.0 Å². The maximum atomic E-state index is 4.77. The smallest absolute Gasteiger partial charge is 0.139 e. The largest absolute Gasteiger partial charge is 0.307 e. The summed E-state index contributed by atoms with van der Waals surface area (Å²) in [5.41, 5.74) is 3.62. The summed E-state index contributed by atoms with van der Waals surface area (Å²) in [5.74, 6) is 0.811. The summed E-state index contributed by atoms with van der Waals surface area (Å²) in [7, 11) is 2.21. The van der Waals surface area contributed by atoms with Gasteiger partial charge in [0.1, 0.15) is 5.65 Å². The molecule has 0 aromatic carbocycles. The summed E-state index contributed by atoms with van der Waals surface area (Å²) in [6.07, 6.45) is 8.04. The molecule has 1 aliphatic rings. The number of imidazole rings is 1. The van der Waals surface area contributed by atoms with Gasteiger partial charge in [-0.05, 0) is 63.9 Å². The zero-order valence-electron chi connectivity index (χ0n) is 11.3. The summed E-state index contributed by atoms with van der Waals surface area (Å²) in [6, 6.07) is 4.21. The van der Waals surface area contributed by atoms with E-state index in [-0.39, 0.29) is 0 Å². The number of rotatable bonds is 2. The van der Waals surface area contributed by atoms with E-state index in [1.807, 2.05) is 0 Å². The summed E-state index contributed by atoms with van der Waals surface area (Å²) in [4.78, 5) is 7.20. The van der Waals surface area contributed by atoms with Gasteiger partial charge < -0.3 is 9.30 Å². The molecule has 0 bridgehead atoms. The summed E-state index contributed by atoms with van der Waals surface area (Å²) in [6.45, 7) is 4.59. The van der Waals surface area contributed by atoms with Crippen molar-refractivity contribution in [3.05, 3.63) is 35.8 Å². The lowest BCUT2D eigenvalue weighted by molar-refractivity contribution is 0.218. The Labute approximate surface area is 108 Å². The molecule has 0 radical (unpaired) electrons. The second-order valence-electron chi connectivity index (χ2n) is 5.61. The van der Waals surface area contributed by atoms with Crippen LogP contribution in [0.5, 0.6) is 0 Å². The van der Waals surface area contributed by atoms with E-state index in [1.54, 1.807) is 0 Å². The highest BCUT2D eigenvalue weighted by molar-refractivity contribution is 5.47. The standard InChI is InChI=1S/C15H21N3/c1-12-4-3-7-18-11-14(16-15(12)18)10-13-5-8-17(2)9-6-13/h3-4,7,11,13H,5-6,8-10H2,1-2H3. The van der Waals surface area contributed by atoms with Gasteiger partial charge in [-0.15, -0.1) is 0 Å². The molecule has 3 heterocycles. The van der Waals surface area contributed by atoms with Crippen molar-refractivity contribution in [3.8, 4) is 0 Å². The monoisotopic (exact) mass is 243 g/mol. The molecule has 0 saturated carbocycles. The third-order valence-corrected chi connectivity index (χ3v) is 4.06. The predicted molar refractivity (Wildman–Crippen MR) is 73.9 cm³/mol. The third-order valence-electron chi connectivity index (χ3n) is 4.06. The molecule has 18 heavy (non-hydrogen) atoms. The summed E-state index contributed by atoms with van der Waals surface area (Å²) < 4.78 is 2.15. The van der Waals surface area contributed by atoms with E-state index < -0.39 is 0 Å². The Hall–Kier alpha value is -1.35. The minimum absolute atomic E-state index is 0.811. The first-order valence-corrected chi connectivity index (χ1v) is 6.84. The predicted octanol–water partition coefficient (Wildman–Crippen LogP) is 2.53. The maximum absolute atomic E-state index is 4.77. The van der Waals surface area contributed by atoms with Crippen molar-refractivity contribution in [2.24, 2.45) is 5.92 Å². The van der Waals surface area contributed by atoms with E-state index in [1.165, 1.54) is 37.2 Å². The van der Waals surface area contributed by atoms with E-state index in [0.29, 0.717) is 0 Å². The maximum Gasteiger partial charge on any atom is 0.139 e. The Kier molecular flexibility index (Phi) is 3.08. The van der Waals surface area contributed by atoms with Crippen LogP contribution in [-0.2, 0) is 6.42 Å². The molecule has 0 amide bonds. The number of piperidine rings is 1. The van der Waals surface area contributed by atoms with Crippen molar-refractivity contribution >= 4 is 5.65 Å². The van der Waals surface area contributed by atoms with Gasteiger partial charge >= 0.3 is 0 Å². The fraction of sp³-hybridized carbons (Fsp3) is 0.533. The number of hydrogen-bond donors (Lipinski definition) is 0. The molecule has 3 heteroatoms. The first-order valence-electron chi connectivity index (χ1n) is 6.84. The van der Waals surface area contributed by atoms with Gasteiger partial charge in [-0.2, -0.15) is 0 Å². The van der Waals surface area contributed by atoms with Gasteiger partial charge in [0.25, 0.3) is 0 Å². The lowest BCUT2D eigenvalue weighted by Gasteiger charge is -2.28. The summed E-state index contributed by atoms with van der Waals surface area (Å²) in [5, 5.41) is 0. The third kappa shape index (κ3) is 2.27. The molecule has 1 aliphatic heterocycles. The second-order valence-corrected chi connectivity index (χ2v) is 5.61. The summed E-state index contributed by atoms with van der Waals surface area (Å²) >= 11 is 0. The Morgan fingerprint density at radius 2 is 2.11 bits per heavy atom. The van der Waals surface area contributed by atoms with Crippen molar-refractivity contribution in [3.63, 3.8) is 0 Å². The average Bonchev–Trinajstić information content (AvgIpc) is 2.76. The van der Waals surface area contributed by atoms with E-state index in [2.05, 4.69) is 47.8 Å². The molecular formula is C15H21N3. The van der Waals surface area contributed by atoms with Crippen molar-refractivity contribution in [2.75, 3.05) is 20.1 Å². The number of aryl methyl sites for hydroxylation is 1. The van der Waals surface area contributed by atoms with Crippen LogP contribution in [0.4, 0.5) is 0 Å². The zero-order valence-corrected chi connectivity index (χ0v) is 11.3. The Morgan fingerprint density at radius 1 is 1.33 bits per heavy atom. The van der Waals surface area contributed by atoms with Crippen molar-refractivity contribution in [1.29, 1.82) is 0 Å². The quantitative estimate of drug-likeness (QED) is 0.808. The Balaban J connectivity index is 1.77. The number of likely N-dealkylation sites (tertiary alicyclic amines) is 1. The zero-order chi connectivity index (χ0) is 12.5. The highest BCUT2D eigenvalue weighted by Crippen LogP contribution is 2.21. The van der Waals surface area contributed by atoms with Crippen LogP contribution in [0.1, 0.15) is 24.1 Å². The SMILES string of the molecule is Cc1cccn2cc(CC3CCN(C)CC3)nc12. The number of pyridine rings is 1. The molecule has 96 valence electrons. The fourth-order valence-corrected chi connectivity index (χ4v) is 2.86. The molecular weight excluding hydrogens is 222 g/mol. The van der Waals surface area contributed by atoms with Crippen molar-refractivity contribution < 1.29 is 0 Å². The van der Waals surface area contributed by atoms with Crippen LogP contribution in [-0.4, -0.2) is 34.4 Å². The molecule has 0 atom stereocenters. The molecule has 0 spiro atoms. The number of aromatic nitrogens is 2. The van der Waals surface area contributed by atoms with Crippen LogP contribution in [0.15, 0.2) is 24.5 Å². The number of hydrogen-bond acceptors (Lipinski definition) is 2. The van der Waals surface area contributed by atoms with Crippen LogP contribution in [0.25, 0.3) is 5.65 Å². The van der Waals surface area contributed by atoms with Crippen LogP contribution in [0, 0.1) is 12.8 Å². The highest BCUT2D eigenvalue weighted by Gasteiger charge is 2.18. The first-order chi connectivity index (χ1) is 8.72. The van der Waals surface area contributed by atoms with Gasteiger partial charge in [0, 0.05) is 12.4 Å². The molecule has 2 aromatic heterocycles. The van der Waals surface area contributed by atoms with Gasteiger partial charge in [0.05, 0.1) is 5.69 Å².